The second kappa shape index (κ2) is 4.70. The first-order valence-electron chi connectivity index (χ1n) is 5.37. The molecule has 90 valence electrons. The van der Waals surface area contributed by atoms with E-state index in [4.69, 9.17) is 5.73 Å². The summed E-state index contributed by atoms with van der Waals surface area (Å²) in [5.74, 6) is 0.165. The lowest BCUT2D eigenvalue weighted by Crippen LogP contribution is -2.49. The van der Waals surface area contributed by atoms with Crippen molar-refractivity contribution in [3.63, 3.8) is 0 Å². The minimum Gasteiger partial charge on any atom is -0.329 e. The normalized spacial score (nSPS) is 20.0. The van der Waals surface area contributed by atoms with Crippen LogP contribution in [0.4, 0.5) is 13.2 Å². The van der Waals surface area contributed by atoms with Gasteiger partial charge in [-0.3, -0.25) is 4.90 Å². The molecule has 1 fully saturated rings. The highest BCUT2D eigenvalue weighted by Gasteiger charge is 2.41. The molecule has 15 heavy (non-hydrogen) atoms. The molecule has 0 saturated heterocycles. The number of alkyl halides is 3. The molecule has 1 saturated carbocycles. The third-order valence-electron chi connectivity index (χ3n) is 2.81. The molecule has 0 spiro atoms. The van der Waals surface area contributed by atoms with Crippen molar-refractivity contribution < 1.29 is 13.2 Å². The zero-order valence-electron chi connectivity index (χ0n) is 9.22. The van der Waals surface area contributed by atoms with Gasteiger partial charge in [-0.2, -0.15) is 13.2 Å². The first-order valence-corrected chi connectivity index (χ1v) is 5.37. The minimum atomic E-state index is -4.12. The van der Waals surface area contributed by atoms with E-state index in [1.807, 2.05) is 13.8 Å². The Morgan fingerprint density at radius 3 is 2.13 bits per heavy atom. The summed E-state index contributed by atoms with van der Waals surface area (Å²) in [6, 6.07) is -0.0540. The number of rotatable bonds is 5. The summed E-state index contributed by atoms with van der Waals surface area (Å²) in [7, 11) is 0. The summed E-state index contributed by atoms with van der Waals surface area (Å²) >= 11 is 0. The van der Waals surface area contributed by atoms with Crippen molar-refractivity contribution in [1.29, 1.82) is 0 Å². The molecule has 1 atom stereocenters. The van der Waals surface area contributed by atoms with Crippen molar-refractivity contribution in [2.45, 2.75) is 44.9 Å². The third-order valence-corrected chi connectivity index (χ3v) is 2.81. The van der Waals surface area contributed by atoms with E-state index in [0.29, 0.717) is 6.54 Å². The van der Waals surface area contributed by atoms with E-state index in [0.717, 1.165) is 12.8 Å². The first kappa shape index (κ1) is 12.8. The molecule has 2 nitrogen and oxygen atoms in total. The average molecular weight is 224 g/mol. The maximum atomic E-state index is 12.4. The van der Waals surface area contributed by atoms with E-state index in [2.05, 4.69) is 0 Å². The van der Waals surface area contributed by atoms with Crippen molar-refractivity contribution in [2.75, 3.05) is 13.1 Å². The second-order valence-corrected chi connectivity index (χ2v) is 4.57. The number of nitrogens with zero attached hydrogens (tertiary/aromatic N) is 1. The van der Waals surface area contributed by atoms with Crippen LogP contribution in [0.1, 0.15) is 26.7 Å². The third kappa shape index (κ3) is 3.99. The summed E-state index contributed by atoms with van der Waals surface area (Å²) in [6.07, 6.45) is -2.37. The zero-order valence-corrected chi connectivity index (χ0v) is 9.22. The van der Waals surface area contributed by atoms with E-state index in [1.54, 1.807) is 0 Å². The van der Waals surface area contributed by atoms with Gasteiger partial charge in [-0.1, -0.05) is 13.8 Å². The Balaban J connectivity index is 2.63. The maximum Gasteiger partial charge on any atom is 0.401 e. The Labute approximate surface area is 88.6 Å². The van der Waals surface area contributed by atoms with Crippen molar-refractivity contribution in [2.24, 2.45) is 11.7 Å². The smallest absolute Gasteiger partial charge is 0.329 e. The van der Waals surface area contributed by atoms with Crippen LogP contribution in [0.3, 0.4) is 0 Å². The van der Waals surface area contributed by atoms with Gasteiger partial charge in [0.15, 0.2) is 0 Å². The van der Waals surface area contributed by atoms with Gasteiger partial charge in [0.1, 0.15) is 0 Å². The highest BCUT2D eigenvalue weighted by atomic mass is 19.4. The molecule has 0 aliphatic heterocycles. The summed E-state index contributed by atoms with van der Waals surface area (Å²) in [6.45, 7) is 3.31. The van der Waals surface area contributed by atoms with Crippen LogP contribution in [0.15, 0.2) is 0 Å². The summed E-state index contributed by atoms with van der Waals surface area (Å²) in [4.78, 5) is 1.53. The Hall–Kier alpha value is -0.290. The van der Waals surface area contributed by atoms with Crippen LogP contribution in [-0.2, 0) is 0 Å². The van der Waals surface area contributed by atoms with Crippen molar-refractivity contribution >= 4 is 0 Å². The van der Waals surface area contributed by atoms with E-state index in [9.17, 15) is 13.2 Å². The first-order chi connectivity index (χ1) is 6.85. The summed E-state index contributed by atoms with van der Waals surface area (Å²) in [5, 5.41) is 0. The molecule has 0 aromatic heterocycles. The lowest BCUT2D eigenvalue weighted by Gasteiger charge is -2.34. The van der Waals surface area contributed by atoms with E-state index in [1.165, 1.54) is 4.90 Å². The molecule has 0 bridgehead atoms. The Morgan fingerprint density at radius 1 is 1.33 bits per heavy atom. The van der Waals surface area contributed by atoms with Gasteiger partial charge in [-0.05, 0) is 18.8 Å². The molecule has 0 aromatic carbocycles. The molecule has 1 unspecified atom stereocenters. The summed E-state index contributed by atoms with van der Waals surface area (Å²) in [5.41, 5.74) is 5.55. The Bertz CT molecular complexity index is 199. The molecule has 1 aliphatic carbocycles. The van der Waals surface area contributed by atoms with Crippen LogP contribution in [-0.4, -0.2) is 36.2 Å². The quantitative estimate of drug-likeness (QED) is 0.774. The number of hydrogen-bond acceptors (Lipinski definition) is 2. The lowest BCUT2D eigenvalue weighted by atomic mass is 10.0. The molecular weight excluding hydrogens is 205 g/mol. The van der Waals surface area contributed by atoms with Crippen molar-refractivity contribution in [1.82, 2.24) is 4.90 Å². The van der Waals surface area contributed by atoms with Gasteiger partial charge in [0.25, 0.3) is 0 Å². The molecule has 5 heteroatoms. The Kier molecular flexibility index (Phi) is 4.00. The highest BCUT2D eigenvalue weighted by Crippen LogP contribution is 2.33. The number of hydrogen-bond donors (Lipinski definition) is 1. The molecule has 1 rings (SSSR count). The molecule has 0 amide bonds. The minimum absolute atomic E-state index is 0.0996. The fourth-order valence-electron chi connectivity index (χ4n) is 1.92. The van der Waals surface area contributed by atoms with Gasteiger partial charge in [-0.25, -0.2) is 0 Å². The molecule has 0 heterocycles. The standard InChI is InChI=1S/C10H19F3N2/c1-7(2)9(5-14)15(8-3-4-8)6-10(11,12)13/h7-9H,3-6,14H2,1-2H3. The monoisotopic (exact) mass is 224 g/mol. The molecule has 0 aromatic rings. The maximum absolute atomic E-state index is 12.4. The van der Waals surface area contributed by atoms with Gasteiger partial charge >= 0.3 is 6.18 Å². The molecule has 1 aliphatic rings. The number of nitrogens with two attached hydrogens (primary N) is 1. The SMILES string of the molecule is CC(C)C(CN)N(CC(F)(F)F)C1CC1. The topological polar surface area (TPSA) is 29.3 Å². The van der Waals surface area contributed by atoms with Crippen LogP contribution in [0, 0.1) is 5.92 Å². The zero-order chi connectivity index (χ0) is 11.6. The average Bonchev–Trinajstić information content (AvgIpc) is 2.82. The van der Waals surface area contributed by atoms with Crippen molar-refractivity contribution in [3.05, 3.63) is 0 Å². The molecule has 2 N–H and O–H groups in total. The van der Waals surface area contributed by atoms with Gasteiger partial charge in [0.05, 0.1) is 6.54 Å². The van der Waals surface area contributed by atoms with Crippen molar-refractivity contribution in [3.8, 4) is 0 Å². The molecular formula is C10H19F3N2. The Morgan fingerprint density at radius 2 is 1.87 bits per heavy atom. The van der Waals surface area contributed by atoms with E-state index < -0.39 is 12.7 Å². The van der Waals surface area contributed by atoms with Crippen LogP contribution >= 0.6 is 0 Å². The fraction of sp³-hybridized carbons (Fsp3) is 1.00. The lowest BCUT2D eigenvalue weighted by molar-refractivity contribution is -0.153. The predicted octanol–water partition coefficient (Wildman–Crippen LogP) is 2.00. The van der Waals surface area contributed by atoms with Crippen LogP contribution in [0.5, 0.6) is 0 Å². The number of halogens is 3. The van der Waals surface area contributed by atoms with Gasteiger partial charge in [0, 0.05) is 18.6 Å². The summed E-state index contributed by atoms with van der Waals surface area (Å²) < 4.78 is 37.1. The second-order valence-electron chi connectivity index (χ2n) is 4.57. The van der Waals surface area contributed by atoms with Gasteiger partial charge in [-0.15, -0.1) is 0 Å². The fourth-order valence-corrected chi connectivity index (χ4v) is 1.92. The van der Waals surface area contributed by atoms with Crippen LogP contribution < -0.4 is 5.73 Å². The highest BCUT2D eigenvalue weighted by molar-refractivity contribution is 4.91. The van der Waals surface area contributed by atoms with E-state index >= 15 is 0 Å². The molecule has 0 radical (unpaired) electrons. The van der Waals surface area contributed by atoms with Gasteiger partial charge in [0.2, 0.25) is 0 Å². The van der Waals surface area contributed by atoms with E-state index in [-0.39, 0.29) is 18.0 Å². The van der Waals surface area contributed by atoms with Gasteiger partial charge < -0.3 is 5.73 Å². The predicted molar refractivity (Wildman–Crippen MR) is 53.5 cm³/mol. The van der Waals surface area contributed by atoms with Crippen LogP contribution in [0.2, 0.25) is 0 Å². The largest absolute Gasteiger partial charge is 0.401 e. The van der Waals surface area contributed by atoms with Crippen LogP contribution in [0.25, 0.3) is 0 Å².